The van der Waals surface area contributed by atoms with Gasteiger partial charge < -0.3 is 4.90 Å². The van der Waals surface area contributed by atoms with Crippen molar-refractivity contribution in [2.24, 2.45) is 0 Å². The molecule has 1 saturated heterocycles. The van der Waals surface area contributed by atoms with E-state index >= 15 is 0 Å². The third-order valence-electron chi connectivity index (χ3n) is 4.37. The predicted octanol–water partition coefficient (Wildman–Crippen LogP) is 3.23. The molecular formula is C18H17F3N2O. The van der Waals surface area contributed by atoms with Crippen LogP contribution in [0.3, 0.4) is 0 Å². The highest BCUT2D eigenvalue weighted by molar-refractivity contribution is 5.94. The van der Waals surface area contributed by atoms with Crippen LogP contribution in [-0.2, 0) is 0 Å². The van der Waals surface area contributed by atoms with E-state index in [4.69, 9.17) is 0 Å². The van der Waals surface area contributed by atoms with E-state index in [2.05, 4.69) is 0 Å². The fourth-order valence-corrected chi connectivity index (χ4v) is 2.95. The Balaban J connectivity index is 1.83. The number of carbonyl (C=O) groups is 1. The zero-order valence-electron chi connectivity index (χ0n) is 13.2. The first-order valence-electron chi connectivity index (χ1n) is 7.66. The van der Waals surface area contributed by atoms with Gasteiger partial charge >= 0.3 is 0 Å². The fourth-order valence-electron chi connectivity index (χ4n) is 2.95. The molecule has 1 aliphatic heterocycles. The van der Waals surface area contributed by atoms with Gasteiger partial charge in [-0.05, 0) is 31.3 Å². The highest BCUT2D eigenvalue weighted by atomic mass is 19.2. The summed E-state index contributed by atoms with van der Waals surface area (Å²) < 4.78 is 40.5. The standard InChI is InChI=1S/C18H17F3N2O/c1-22-8-9-23(11-17(22)13-4-2-3-5-14(13)19)18(24)12-6-7-15(20)16(21)10-12/h2-7,10,17H,8-9,11H2,1H3. The second-order valence-corrected chi connectivity index (χ2v) is 5.90. The number of piperazine rings is 1. The van der Waals surface area contributed by atoms with Gasteiger partial charge in [-0.25, -0.2) is 13.2 Å². The Bertz CT molecular complexity index is 766. The van der Waals surface area contributed by atoms with Crippen molar-refractivity contribution in [2.45, 2.75) is 6.04 Å². The summed E-state index contributed by atoms with van der Waals surface area (Å²) in [6, 6.07) is 9.27. The lowest BCUT2D eigenvalue weighted by atomic mass is 10.0. The van der Waals surface area contributed by atoms with E-state index in [1.807, 2.05) is 11.9 Å². The van der Waals surface area contributed by atoms with E-state index in [-0.39, 0.29) is 29.9 Å². The van der Waals surface area contributed by atoms with Crippen molar-refractivity contribution in [3.05, 3.63) is 71.0 Å². The van der Waals surface area contributed by atoms with Crippen molar-refractivity contribution < 1.29 is 18.0 Å². The van der Waals surface area contributed by atoms with Crippen LogP contribution in [0.2, 0.25) is 0 Å². The number of likely N-dealkylation sites (N-methyl/N-ethyl adjacent to an activating group) is 1. The third-order valence-corrected chi connectivity index (χ3v) is 4.37. The Hall–Kier alpha value is -2.34. The van der Waals surface area contributed by atoms with Gasteiger partial charge in [-0.15, -0.1) is 0 Å². The number of hydrogen-bond acceptors (Lipinski definition) is 2. The molecule has 3 nitrogen and oxygen atoms in total. The van der Waals surface area contributed by atoms with Gasteiger partial charge in [0.15, 0.2) is 11.6 Å². The lowest BCUT2D eigenvalue weighted by Gasteiger charge is -2.39. The average Bonchev–Trinajstić information content (AvgIpc) is 2.58. The van der Waals surface area contributed by atoms with Gasteiger partial charge in [0.1, 0.15) is 5.82 Å². The van der Waals surface area contributed by atoms with Crippen LogP contribution in [0.25, 0.3) is 0 Å². The van der Waals surface area contributed by atoms with E-state index in [9.17, 15) is 18.0 Å². The minimum atomic E-state index is -1.05. The molecule has 0 radical (unpaired) electrons. The summed E-state index contributed by atoms with van der Waals surface area (Å²) in [6.07, 6.45) is 0. The number of rotatable bonds is 2. The largest absolute Gasteiger partial charge is 0.335 e. The lowest BCUT2D eigenvalue weighted by molar-refractivity contribution is 0.0540. The zero-order valence-corrected chi connectivity index (χ0v) is 13.2. The van der Waals surface area contributed by atoms with Crippen LogP contribution in [0.5, 0.6) is 0 Å². The summed E-state index contributed by atoms with van der Waals surface area (Å²) in [4.78, 5) is 16.1. The monoisotopic (exact) mass is 334 g/mol. The molecule has 0 aromatic heterocycles. The molecule has 0 aliphatic carbocycles. The minimum Gasteiger partial charge on any atom is -0.335 e. The van der Waals surface area contributed by atoms with Crippen LogP contribution in [0.4, 0.5) is 13.2 Å². The summed E-state index contributed by atoms with van der Waals surface area (Å²) in [5.41, 5.74) is 0.605. The topological polar surface area (TPSA) is 23.6 Å². The second-order valence-electron chi connectivity index (χ2n) is 5.90. The van der Waals surface area contributed by atoms with Crippen LogP contribution in [-0.4, -0.2) is 42.4 Å². The number of hydrogen-bond donors (Lipinski definition) is 0. The highest BCUT2D eigenvalue weighted by Gasteiger charge is 2.30. The molecule has 2 aromatic carbocycles. The molecule has 1 atom stereocenters. The van der Waals surface area contributed by atoms with Gasteiger partial charge in [-0.3, -0.25) is 9.69 Å². The molecule has 1 aliphatic rings. The fraction of sp³-hybridized carbons (Fsp3) is 0.278. The molecule has 1 fully saturated rings. The van der Waals surface area contributed by atoms with E-state index in [0.29, 0.717) is 18.7 Å². The van der Waals surface area contributed by atoms with Crippen molar-refractivity contribution in [1.82, 2.24) is 9.80 Å². The molecule has 1 unspecified atom stereocenters. The maximum absolute atomic E-state index is 14.1. The zero-order chi connectivity index (χ0) is 17.3. The summed E-state index contributed by atoms with van der Waals surface area (Å²) in [7, 11) is 1.87. The lowest BCUT2D eigenvalue weighted by Crippen LogP contribution is -2.49. The quantitative estimate of drug-likeness (QED) is 0.842. The molecule has 3 rings (SSSR count). The Kier molecular flexibility index (Phi) is 4.57. The molecule has 0 N–H and O–H groups in total. The van der Waals surface area contributed by atoms with Crippen molar-refractivity contribution in [3.63, 3.8) is 0 Å². The Morgan fingerprint density at radius 3 is 2.46 bits per heavy atom. The van der Waals surface area contributed by atoms with E-state index in [0.717, 1.165) is 12.1 Å². The van der Waals surface area contributed by atoms with Gasteiger partial charge in [-0.2, -0.15) is 0 Å². The van der Waals surface area contributed by atoms with E-state index in [1.165, 1.54) is 12.1 Å². The van der Waals surface area contributed by atoms with Crippen molar-refractivity contribution in [2.75, 3.05) is 26.7 Å². The Morgan fingerprint density at radius 1 is 1.00 bits per heavy atom. The Labute approximate surface area is 138 Å². The molecular weight excluding hydrogens is 317 g/mol. The van der Waals surface area contributed by atoms with Gasteiger partial charge in [0.05, 0.1) is 6.04 Å². The van der Waals surface area contributed by atoms with Gasteiger partial charge in [0.2, 0.25) is 0 Å². The van der Waals surface area contributed by atoms with Crippen LogP contribution in [0, 0.1) is 17.5 Å². The maximum Gasteiger partial charge on any atom is 0.254 e. The van der Waals surface area contributed by atoms with Crippen LogP contribution in [0.15, 0.2) is 42.5 Å². The smallest absolute Gasteiger partial charge is 0.254 e. The first-order valence-corrected chi connectivity index (χ1v) is 7.66. The molecule has 1 heterocycles. The number of nitrogens with zero attached hydrogens (tertiary/aromatic N) is 2. The van der Waals surface area contributed by atoms with E-state index in [1.54, 1.807) is 23.1 Å². The number of amides is 1. The van der Waals surface area contributed by atoms with Crippen molar-refractivity contribution >= 4 is 5.91 Å². The summed E-state index contributed by atoms with van der Waals surface area (Å²) in [5.74, 6) is -2.75. The summed E-state index contributed by atoms with van der Waals surface area (Å²) in [6.45, 7) is 1.29. The molecule has 0 spiro atoms. The van der Waals surface area contributed by atoms with Crippen LogP contribution in [0.1, 0.15) is 22.0 Å². The molecule has 2 aromatic rings. The van der Waals surface area contributed by atoms with Gasteiger partial charge in [0.25, 0.3) is 5.91 Å². The first-order chi connectivity index (χ1) is 11.5. The van der Waals surface area contributed by atoms with Crippen LogP contribution < -0.4 is 0 Å². The predicted molar refractivity (Wildman–Crippen MR) is 84.0 cm³/mol. The second kappa shape index (κ2) is 6.65. The highest BCUT2D eigenvalue weighted by Crippen LogP contribution is 2.27. The first kappa shape index (κ1) is 16.5. The Morgan fingerprint density at radius 2 is 1.75 bits per heavy atom. The van der Waals surface area contributed by atoms with E-state index < -0.39 is 11.6 Å². The minimum absolute atomic E-state index is 0.0886. The van der Waals surface area contributed by atoms with Crippen molar-refractivity contribution in [3.8, 4) is 0 Å². The molecule has 0 bridgehead atoms. The van der Waals surface area contributed by atoms with Crippen LogP contribution >= 0.6 is 0 Å². The molecule has 0 saturated carbocycles. The van der Waals surface area contributed by atoms with Gasteiger partial charge in [-0.1, -0.05) is 18.2 Å². The molecule has 24 heavy (non-hydrogen) atoms. The van der Waals surface area contributed by atoms with Crippen molar-refractivity contribution in [1.29, 1.82) is 0 Å². The summed E-state index contributed by atoms with van der Waals surface area (Å²) in [5, 5.41) is 0. The average molecular weight is 334 g/mol. The van der Waals surface area contributed by atoms with Gasteiger partial charge in [0, 0.05) is 30.8 Å². The normalized spacial score (nSPS) is 18.7. The third kappa shape index (κ3) is 3.14. The summed E-state index contributed by atoms with van der Waals surface area (Å²) >= 11 is 0. The molecule has 126 valence electrons. The maximum atomic E-state index is 14.1. The molecule has 1 amide bonds. The number of halogens is 3. The number of carbonyl (C=O) groups excluding carboxylic acids is 1. The SMILES string of the molecule is CN1CCN(C(=O)c2ccc(F)c(F)c2)CC1c1ccccc1F. The number of benzene rings is 2. The molecule has 6 heteroatoms.